The van der Waals surface area contributed by atoms with Gasteiger partial charge >= 0.3 is 12.1 Å². The summed E-state index contributed by atoms with van der Waals surface area (Å²) in [5, 5.41) is 8.63. The average Bonchev–Trinajstić information content (AvgIpc) is 2.43. The lowest BCUT2D eigenvalue weighted by Crippen LogP contribution is -2.41. The number of carboxylic acid groups (broad SMARTS) is 1. The summed E-state index contributed by atoms with van der Waals surface area (Å²) in [5.41, 5.74) is 0. The molecule has 2 unspecified atom stereocenters. The maximum absolute atomic E-state index is 11.3. The Labute approximate surface area is 81.6 Å². The van der Waals surface area contributed by atoms with Gasteiger partial charge in [0, 0.05) is 0 Å². The van der Waals surface area contributed by atoms with Crippen molar-refractivity contribution in [3.8, 4) is 0 Å². The molecule has 1 aliphatic heterocycles. The van der Waals surface area contributed by atoms with Crippen molar-refractivity contribution in [2.45, 2.75) is 37.8 Å². The Kier molecular flexibility index (Phi) is 2.31. The predicted octanol–water partition coefficient (Wildman–Crippen LogP) is 0.834. The lowest BCUT2D eigenvalue weighted by Gasteiger charge is -2.26. The highest BCUT2D eigenvalue weighted by Gasteiger charge is 2.43. The average molecular weight is 199 g/mol. The van der Waals surface area contributed by atoms with Crippen molar-refractivity contribution in [2.24, 2.45) is 0 Å². The molecule has 2 rings (SSSR count). The molecule has 78 valence electrons. The molecule has 1 aliphatic carbocycles. The zero-order valence-corrected chi connectivity index (χ0v) is 7.81. The summed E-state index contributed by atoms with van der Waals surface area (Å²) in [7, 11) is 0. The van der Waals surface area contributed by atoms with Crippen LogP contribution in [0.5, 0.6) is 0 Å². The van der Waals surface area contributed by atoms with Crippen LogP contribution in [0.15, 0.2) is 0 Å². The van der Waals surface area contributed by atoms with Gasteiger partial charge in [0.25, 0.3) is 0 Å². The normalized spacial score (nSPS) is 31.1. The summed E-state index contributed by atoms with van der Waals surface area (Å²) in [6.07, 6.45) is 3.30. The summed E-state index contributed by atoms with van der Waals surface area (Å²) in [6.45, 7) is -0.236. The van der Waals surface area contributed by atoms with Crippen molar-refractivity contribution in [3.05, 3.63) is 0 Å². The highest BCUT2D eigenvalue weighted by Crippen LogP contribution is 2.31. The lowest BCUT2D eigenvalue weighted by molar-refractivity contribution is -0.138. The van der Waals surface area contributed by atoms with Crippen LogP contribution in [0.4, 0.5) is 4.79 Å². The molecule has 0 radical (unpaired) electrons. The van der Waals surface area contributed by atoms with Gasteiger partial charge in [0.1, 0.15) is 12.6 Å². The van der Waals surface area contributed by atoms with Gasteiger partial charge in [-0.25, -0.2) is 4.79 Å². The van der Waals surface area contributed by atoms with E-state index in [9.17, 15) is 9.59 Å². The number of fused-ring (bicyclic) bond motifs is 1. The third-order valence-corrected chi connectivity index (χ3v) is 2.86. The number of hydrogen-bond donors (Lipinski definition) is 1. The Morgan fingerprint density at radius 3 is 2.93 bits per heavy atom. The van der Waals surface area contributed by atoms with Gasteiger partial charge in [0.2, 0.25) is 0 Å². The van der Waals surface area contributed by atoms with Crippen LogP contribution in [0.2, 0.25) is 0 Å². The summed E-state index contributed by atoms with van der Waals surface area (Å²) < 4.78 is 5.10. The number of amides is 1. The fourth-order valence-corrected chi connectivity index (χ4v) is 2.23. The zero-order valence-electron chi connectivity index (χ0n) is 7.81. The molecule has 1 saturated heterocycles. The molecule has 0 aromatic heterocycles. The topological polar surface area (TPSA) is 66.8 Å². The Morgan fingerprint density at radius 2 is 2.21 bits per heavy atom. The van der Waals surface area contributed by atoms with Gasteiger partial charge in [0.15, 0.2) is 0 Å². The van der Waals surface area contributed by atoms with Gasteiger partial charge in [-0.05, 0) is 19.3 Å². The van der Waals surface area contributed by atoms with E-state index in [2.05, 4.69) is 0 Å². The first-order valence-electron chi connectivity index (χ1n) is 4.87. The molecule has 0 bridgehead atoms. The van der Waals surface area contributed by atoms with Crippen LogP contribution in [-0.2, 0) is 9.53 Å². The first kappa shape index (κ1) is 9.30. The molecule has 1 N–H and O–H groups in total. The van der Waals surface area contributed by atoms with Crippen LogP contribution in [0.3, 0.4) is 0 Å². The third kappa shape index (κ3) is 1.54. The van der Waals surface area contributed by atoms with Crippen molar-refractivity contribution in [2.75, 3.05) is 6.54 Å². The van der Waals surface area contributed by atoms with E-state index < -0.39 is 12.1 Å². The predicted molar refractivity (Wildman–Crippen MR) is 46.9 cm³/mol. The largest absolute Gasteiger partial charge is 0.480 e. The van der Waals surface area contributed by atoms with Gasteiger partial charge in [-0.15, -0.1) is 0 Å². The number of nitrogens with zero attached hydrogens (tertiary/aromatic N) is 1. The van der Waals surface area contributed by atoms with Crippen molar-refractivity contribution in [1.29, 1.82) is 0 Å². The lowest BCUT2D eigenvalue weighted by atomic mass is 9.92. The molecule has 5 heteroatoms. The Balaban J connectivity index is 2.07. The summed E-state index contributed by atoms with van der Waals surface area (Å²) >= 11 is 0. The maximum Gasteiger partial charge on any atom is 0.411 e. The van der Waals surface area contributed by atoms with E-state index >= 15 is 0 Å². The monoisotopic (exact) mass is 199 g/mol. The van der Waals surface area contributed by atoms with Crippen LogP contribution >= 0.6 is 0 Å². The molecule has 0 spiro atoms. The molecule has 1 saturated carbocycles. The van der Waals surface area contributed by atoms with Gasteiger partial charge in [-0.3, -0.25) is 9.69 Å². The minimum atomic E-state index is -0.979. The number of carbonyl (C=O) groups is 2. The fourth-order valence-electron chi connectivity index (χ4n) is 2.23. The van der Waals surface area contributed by atoms with E-state index in [-0.39, 0.29) is 18.7 Å². The van der Waals surface area contributed by atoms with E-state index in [1.165, 1.54) is 4.90 Å². The van der Waals surface area contributed by atoms with Crippen molar-refractivity contribution in [3.63, 3.8) is 0 Å². The Bertz CT molecular complexity index is 266. The van der Waals surface area contributed by atoms with E-state index in [1.807, 2.05) is 0 Å². The second-order valence-corrected chi connectivity index (χ2v) is 3.80. The molecule has 1 heterocycles. The van der Waals surface area contributed by atoms with Crippen molar-refractivity contribution < 1.29 is 19.4 Å². The molecule has 2 atom stereocenters. The molecular weight excluding hydrogens is 186 g/mol. The third-order valence-electron chi connectivity index (χ3n) is 2.86. The van der Waals surface area contributed by atoms with Gasteiger partial charge in [-0.2, -0.15) is 0 Å². The van der Waals surface area contributed by atoms with Gasteiger partial charge < -0.3 is 9.84 Å². The van der Waals surface area contributed by atoms with Crippen LogP contribution < -0.4 is 0 Å². The molecular formula is C9H13NO4. The molecule has 1 amide bonds. The Morgan fingerprint density at radius 1 is 1.50 bits per heavy atom. The number of rotatable bonds is 2. The van der Waals surface area contributed by atoms with Crippen molar-refractivity contribution in [1.82, 2.24) is 4.90 Å². The molecule has 2 fully saturated rings. The van der Waals surface area contributed by atoms with Crippen molar-refractivity contribution >= 4 is 12.1 Å². The van der Waals surface area contributed by atoms with Gasteiger partial charge in [0.05, 0.1) is 6.04 Å². The minimum Gasteiger partial charge on any atom is -0.480 e. The second-order valence-electron chi connectivity index (χ2n) is 3.80. The van der Waals surface area contributed by atoms with E-state index in [1.54, 1.807) is 0 Å². The Hall–Kier alpha value is -1.26. The number of ether oxygens (including phenoxy) is 1. The molecule has 14 heavy (non-hydrogen) atoms. The molecule has 0 aromatic carbocycles. The molecule has 0 aromatic rings. The second kappa shape index (κ2) is 3.48. The standard InChI is InChI=1S/C9H13NO4/c11-8(12)5-10-6-3-1-2-4-7(6)14-9(10)13/h6-7H,1-5H2,(H,11,12). The van der Waals surface area contributed by atoms with Crippen LogP contribution in [-0.4, -0.2) is 40.8 Å². The van der Waals surface area contributed by atoms with E-state index in [0.29, 0.717) is 0 Å². The van der Waals surface area contributed by atoms with E-state index in [0.717, 1.165) is 25.7 Å². The summed E-state index contributed by atoms with van der Waals surface area (Å²) in [5.74, 6) is -0.979. The highest BCUT2D eigenvalue weighted by molar-refractivity contribution is 5.78. The smallest absolute Gasteiger partial charge is 0.411 e. The van der Waals surface area contributed by atoms with Gasteiger partial charge in [-0.1, -0.05) is 6.42 Å². The SMILES string of the molecule is O=C(O)CN1C(=O)OC2CCCCC21. The number of carboxylic acids is 1. The first-order chi connectivity index (χ1) is 6.68. The summed E-state index contributed by atoms with van der Waals surface area (Å²) in [6, 6.07) is -0.00708. The number of hydrogen-bond acceptors (Lipinski definition) is 3. The molecule has 2 aliphatic rings. The van der Waals surface area contributed by atoms with Crippen LogP contribution in [0.25, 0.3) is 0 Å². The summed E-state index contributed by atoms with van der Waals surface area (Å²) in [4.78, 5) is 23.2. The van der Waals surface area contributed by atoms with Crippen LogP contribution in [0.1, 0.15) is 25.7 Å². The van der Waals surface area contributed by atoms with E-state index in [4.69, 9.17) is 9.84 Å². The fraction of sp³-hybridized carbons (Fsp3) is 0.778. The quantitative estimate of drug-likeness (QED) is 0.715. The highest BCUT2D eigenvalue weighted by atomic mass is 16.6. The maximum atomic E-state index is 11.3. The zero-order chi connectivity index (χ0) is 10.1. The van der Waals surface area contributed by atoms with Crippen LogP contribution in [0, 0.1) is 0 Å². The number of aliphatic carboxylic acids is 1. The minimum absolute atomic E-state index is 0.00708. The first-order valence-corrected chi connectivity index (χ1v) is 4.87. The molecule has 5 nitrogen and oxygen atoms in total. The number of carbonyl (C=O) groups excluding carboxylic acids is 1.